The Bertz CT molecular complexity index is 2700. The van der Waals surface area contributed by atoms with Crippen molar-refractivity contribution in [2.24, 2.45) is 0 Å². The lowest BCUT2D eigenvalue weighted by Gasteiger charge is -2.28. The van der Waals surface area contributed by atoms with Crippen LogP contribution in [-0.4, -0.2) is 0 Å². The van der Waals surface area contributed by atoms with Gasteiger partial charge in [0, 0.05) is 48.1 Å². The Balaban J connectivity index is 1.04. The molecule has 1 atom stereocenters. The number of benzene rings is 8. The van der Waals surface area contributed by atoms with Crippen molar-refractivity contribution in [2.75, 3.05) is 10.2 Å². The summed E-state index contributed by atoms with van der Waals surface area (Å²) in [6.45, 7) is 0. The van der Waals surface area contributed by atoms with Crippen molar-refractivity contribution in [1.29, 1.82) is 0 Å². The first-order chi connectivity index (χ1) is 25.3. The Kier molecular flexibility index (Phi) is 7.07. The lowest BCUT2D eigenvalue weighted by atomic mass is 9.99. The summed E-state index contributed by atoms with van der Waals surface area (Å²) in [6, 6.07) is 65.2. The Morgan fingerprint density at radius 1 is 0.490 bits per heavy atom. The van der Waals surface area contributed by atoms with E-state index in [-0.39, 0.29) is 6.23 Å². The van der Waals surface area contributed by atoms with E-state index in [0.29, 0.717) is 0 Å². The van der Waals surface area contributed by atoms with Gasteiger partial charge in [0.25, 0.3) is 0 Å². The maximum Gasteiger partial charge on any atom is 0.196 e. The van der Waals surface area contributed by atoms with Gasteiger partial charge < -0.3 is 15.0 Å². The van der Waals surface area contributed by atoms with Crippen LogP contribution in [-0.2, 0) is 0 Å². The summed E-state index contributed by atoms with van der Waals surface area (Å²) in [7, 11) is 0. The first-order valence-electron chi connectivity index (χ1n) is 17.3. The molecule has 1 aliphatic rings. The van der Waals surface area contributed by atoms with E-state index in [4.69, 9.17) is 4.74 Å². The van der Waals surface area contributed by atoms with E-state index in [1.54, 1.807) is 0 Å². The van der Waals surface area contributed by atoms with Gasteiger partial charge in [-0.15, -0.1) is 11.3 Å². The number of rotatable bonds is 6. The van der Waals surface area contributed by atoms with E-state index in [0.717, 1.165) is 39.4 Å². The van der Waals surface area contributed by atoms with Gasteiger partial charge in [0.1, 0.15) is 5.75 Å². The summed E-state index contributed by atoms with van der Waals surface area (Å²) in [4.78, 5) is 2.40. The van der Waals surface area contributed by atoms with Crippen molar-refractivity contribution in [3.05, 3.63) is 188 Å². The summed E-state index contributed by atoms with van der Waals surface area (Å²) >= 11 is 1.85. The molecule has 1 aliphatic heterocycles. The minimum Gasteiger partial charge on any atom is -0.464 e. The smallest absolute Gasteiger partial charge is 0.196 e. The first kappa shape index (κ1) is 29.5. The number of ether oxygens (including phenoxy) is 1. The summed E-state index contributed by atoms with van der Waals surface area (Å²) in [5.41, 5.74) is 10.3. The molecule has 242 valence electrons. The number of thiophene rings is 1. The molecule has 0 fully saturated rings. The zero-order valence-electron chi connectivity index (χ0n) is 27.7. The van der Waals surface area contributed by atoms with E-state index < -0.39 is 0 Å². The molecular formula is C47H32N2OS. The maximum absolute atomic E-state index is 6.28. The molecule has 1 aromatic heterocycles. The second-order valence-electron chi connectivity index (χ2n) is 13.0. The quantitative estimate of drug-likeness (QED) is 0.190. The molecule has 0 radical (unpaired) electrons. The maximum atomic E-state index is 6.28. The van der Waals surface area contributed by atoms with Crippen LogP contribution >= 0.6 is 11.3 Å². The Morgan fingerprint density at radius 3 is 2.04 bits per heavy atom. The fraction of sp³-hybridized carbons (Fsp3) is 0.0213. The molecule has 3 nitrogen and oxygen atoms in total. The summed E-state index contributed by atoms with van der Waals surface area (Å²) < 4.78 is 8.88. The predicted molar refractivity (Wildman–Crippen MR) is 216 cm³/mol. The van der Waals surface area contributed by atoms with E-state index in [2.05, 4.69) is 174 Å². The molecule has 0 aliphatic carbocycles. The van der Waals surface area contributed by atoms with Crippen LogP contribution in [0.3, 0.4) is 0 Å². The number of fused-ring (bicyclic) bond motifs is 6. The van der Waals surface area contributed by atoms with E-state index in [1.165, 1.54) is 47.8 Å². The molecule has 0 saturated heterocycles. The van der Waals surface area contributed by atoms with E-state index in [9.17, 15) is 0 Å². The molecule has 0 saturated carbocycles. The zero-order valence-corrected chi connectivity index (χ0v) is 28.5. The molecule has 0 amide bonds. The van der Waals surface area contributed by atoms with Crippen molar-refractivity contribution < 1.29 is 4.74 Å². The number of hydrogen-bond donors (Lipinski definition) is 1. The van der Waals surface area contributed by atoms with Crippen molar-refractivity contribution in [3.63, 3.8) is 0 Å². The first-order valence-corrected chi connectivity index (χ1v) is 18.1. The van der Waals surface area contributed by atoms with Gasteiger partial charge in [-0.1, -0.05) is 133 Å². The molecule has 1 N–H and O–H groups in total. The largest absolute Gasteiger partial charge is 0.464 e. The normalized spacial score (nSPS) is 13.6. The highest BCUT2D eigenvalue weighted by molar-refractivity contribution is 7.25. The highest BCUT2D eigenvalue weighted by Crippen LogP contribution is 2.46. The molecule has 0 spiro atoms. The Labute approximate surface area is 300 Å². The van der Waals surface area contributed by atoms with Gasteiger partial charge in [-0.2, -0.15) is 0 Å². The highest BCUT2D eigenvalue weighted by Gasteiger charge is 2.25. The van der Waals surface area contributed by atoms with Crippen LogP contribution in [0.4, 0.5) is 22.7 Å². The molecule has 0 bridgehead atoms. The van der Waals surface area contributed by atoms with Gasteiger partial charge in [-0.25, -0.2) is 0 Å². The van der Waals surface area contributed by atoms with Crippen LogP contribution in [0.2, 0.25) is 0 Å². The molecule has 51 heavy (non-hydrogen) atoms. The van der Waals surface area contributed by atoms with Gasteiger partial charge in [-0.3, -0.25) is 0 Å². The van der Waals surface area contributed by atoms with Crippen molar-refractivity contribution in [3.8, 4) is 28.0 Å². The summed E-state index contributed by atoms with van der Waals surface area (Å²) in [5, 5.41) is 8.55. The second-order valence-corrected chi connectivity index (χ2v) is 14.1. The Hall–Kier alpha value is -6.36. The topological polar surface area (TPSA) is 24.5 Å². The van der Waals surface area contributed by atoms with Crippen LogP contribution < -0.4 is 15.0 Å². The molecule has 4 heteroatoms. The second kappa shape index (κ2) is 12.2. The van der Waals surface area contributed by atoms with Crippen LogP contribution in [0.25, 0.3) is 53.2 Å². The fourth-order valence-electron chi connectivity index (χ4n) is 7.42. The molecule has 9 aromatic rings. The number of anilines is 4. The third-order valence-electron chi connectivity index (χ3n) is 9.91. The van der Waals surface area contributed by atoms with E-state index >= 15 is 0 Å². The van der Waals surface area contributed by atoms with Gasteiger partial charge in [-0.05, 0) is 70.6 Å². The SMILES string of the molecule is c1ccc(-c2ccccc2N(c2ccc(-c3ccc4c5c(ccc4c3)OC(c3ccccc3)N5)cc2)c2ccc3c(c2)sc2ccccc23)cc1. The molecule has 2 heterocycles. The van der Waals surface area contributed by atoms with E-state index in [1.807, 2.05) is 29.5 Å². The lowest BCUT2D eigenvalue weighted by molar-refractivity contribution is 0.260. The van der Waals surface area contributed by atoms with Gasteiger partial charge >= 0.3 is 0 Å². The third-order valence-corrected chi connectivity index (χ3v) is 11.0. The van der Waals surface area contributed by atoms with Crippen molar-refractivity contribution >= 4 is 65.0 Å². The minimum absolute atomic E-state index is 0.187. The average Bonchev–Trinajstić information content (AvgIpc) is 3.81. The van der Waals surface area contributed by atoms with Gasteiger partial charge in [0.05, 0.1) is 11.4 Å². The fourth-order valence-corrected chi connectivity index (χ4v) is 8.56. The standard InChI is InChI=1S/C47H32N2OS/c1-3-11-32(12-4-1)38-15-7-9-17-42(38)49(37-25-27-41-40-16-8-10-18-44(40)51-45(41)30-37)36-23-19-31(20-24-36)34-21-26-39-35(29-34)22-28-43-46(39)48-47(50-43)33-13-5-2-6-14-33/h1-30,47-48H. The number of nitrogens with zero attached hydrogens (tertiary/aromatic N) is 1. The molecule has 10 rings (SSSR count). The highest BCUT2D eigenvalue weighted by atomic mass is 32.1. The molecule has 8 aromatic carbocycles. The molecule has 1 unspecified atom stereocenters. The zero-order chi connectivity index (χ0) is 33.7. The monoisotopic (exact) mass is 672 g/mol. The van der Waals surface area contributed by atoms with Crippen molar-refractivity contribution in [2.45, 2.75) is 6.23 Å². The average molecular weight is 673 g/mol. The minimum atomic E-state index is -0.187. The number of para-hydroxylation sites is 1. The van der Waals surface area contributed by atoms with Gasteiger partial charge in [0.15, 0.2) is 6.23 Å². The number of hydrogen-bond acceptors (Lipinski definition) is 4. The van der Waals surface area contributed by atoms with Crippen LogP contribution in [0.5, 0.6) is 5.75 Å². The summed E-state index contributed by atoms with van der Waals surface area (Å²) in [5.74, 6) is 0.887. The van der Waals surface area contributed by atoms with Gasteiger partial charge in [0.2, 0.25) is 0 Å². The number of nitrogens with one attached hydrogen (secondary N) is 1. The summed E-state index contributed by atoms with van der Waals surface area (Å²) in [6.07, 6.45) is -0.187. The predicted octanol–water partition coefficient (Wildman–Crippen LogP) is 13.5. The van der Waals surface area contributed by atoms with Crippen molar-refractivity contribution in [1.82, 2.24) is 0 Å². The van der Waals surface area contributed by atoms with Crippen LogP contribution in [0.15, 0.2) is 182 Å². The lowest BCUT2D eigenvalue weighted by Crippen LogP contribution is -2.11. The third kappa shape index (κ3) is 5.20. The Morgan fingerprint density at radius 2 is 1.18 bits per heavy atom. The molecular weight excluding hydrogens is 641 g/mol. The van der Waals surface area contributed by atoms with Crippen LogP contribution in [0, 0.1) is 0 Å². The van der Waals surface area contributed by atoms with Crippen LogP contribution in [0.1, 0.15) is 11.8 Å².